The summed E-state index contributed by atoms with van der Waals surface area (Å²) in [5, 5.41) is 10.8. The fourth-order valence-electron chi connectivity index (χ4n) is 2.59. The molecule has 0 fully saturated rings. The van der Waals surface area contributed by atoms with Crippen LogP contribution in [0.2, 0.25) is 0 Å². The van der Waals surface area contributed by atoms with Crippen LogP contribution in [0.1, 0.15) is 16.1 Å². The van der Waals surface area contributed by atoms with Crippen LogP contribution >= 0.6 is 0 Å². The van der Waals surface area contributed by atoms with Gasteiger partial charge < -0.3 is 9.84 Å². The van der Waals surface area contributed by atoms with Crippen molar-refractivity contribution in [3.05, 3.63) is 90.0 Å². The number of carbonyl (C=O) groups is 1. The second kappa shape index (κ2) is 7.25. The molecule has 6 nitrogen and oxygen atoms in total. The first-order valence-corrected chi connectivity index (χ1v) is 8.29. The molecule has 0 saturated carbocycles. The molecule has 0 atom stereocenters. The van der Waals surface area contributed by atoms with Gasteiger partial charge in [-0.1, -0.05) is 47.6 Å². The number of hydrogen-bond donors (Lipinski definition) is 1. The van der Waals surface area contributed by atoms with E-state index >= 15 is 0 Å². The van der Waals surface area contributed by atoms with Crippen molar-refractivity contribution in [1.29, 1.82) is 0 Å². The lowest BCUT2D eigenvalue weighted by Crippen LogP contribution is -2.13. The highest BCUT2D eigenvalue weighted by Crippen LogP contribution is 2.20. The molecular weight excluding hydrogens is 347 g/mol. The molecule has 2 aromatic heterocycles. The summed E-state index contributed by atoms with van der Waals surface area (Å²) in [5.41, 5.74) is 1.91. The fourth-order valence-corrected chi connectivity index (χ4v) is 2.59. The van der Waals surface area contributed by atoms with E-state index in [1.54, 1.807) is 35.1 Å². The maximum absolute atomic E-state index is 13.0. The number of rotatable bonds is 5. The van der Waals surface area contributed by atoms with Gasteiger partial charge in [0.15, 0.2) is 17.3 Å². The van der Waals surface area contributed by atoms with Crippen molar-refractivity contribution < 1.29 is 13.7 Å². The molecule has 0 aliphatic heterocycles. The van der Waals surface area contributed by atoms with Gasteiger partial charge in [0.2, 0.25) is 0 Å². The molecule has 0 spiro atoms. The fraction of sp³-hybridized carbons (Fsp3) is 0.0500. The number of halogens is 1. The van der Waals surface area contributed by atoms with Gasteiger partial charge >= 0.3 is 0 Å². The van der Waals surface area contributed by atoms with Crippen LogP contribution in [0.25, 0.3) is 11.3 Å². The Balaban J connectivity index is 1.42. The molecule has 0 aliphatic carbocycles. The Morgan fingerprint density at radius 3 is 2.63 bits per heavy atom. The van der Waals surface area contributed by atoms with E-state index in [2.05, 4.69) is 15.6 Å². The molecule has 0 radical (unpaired) electrons. The molecular formula is C20H15FN4O2. The number of carbonyl (C=O) groups excluding carboxylic acids is 1. The maximum atomic E-state index is 13.0. The van der Waals surface area contributed by atoms with Gasteiger partial charge in [-0.3, -0.25) is 9.48 Å². The standard InChI is InChI=1S/C20H15FN4O2/c21-16-8-6-14(7-9-16)13-25-11-10-19(23-25)22-20(26)17-12-18(27-24-17)15-4-2-1-3-5-15/h1-12H,13H2,(H,22,23,26). The minimum atomic E-state index is -0.409. The van der Waals surface area contributed by atoms with Crippen LogP contribution in [-0.4, -0.2) is 20.8 Å². The third-order valence-electron chi connectivity index (χ3n) is 3.94. The highest BCUT2D eigenvalue weighted by atomic mass is 19.1. The van der Waals surface area contributed by atoms with Gasteiger partial charge in [0.25, 0.3) is 5.91 Å². The van der Waals surface area contributed by atoms with Crippen molar-refractivity contribution in [2.24, 2.45) is 0 Å². The molecule has 0 aliphatic rings. The van der Waals surface area contributed by atoms with E-state index in [0.29, 0.717) is 18.1 Å². The van der Waals surface area contributed by atoms with Crippen molar-refractivity contribution >= 4 is 11.7 Å². The second-order valence-electron chi connectivity index (χ2n) is 5.92. The van der Waals surface area contributed by atoms with Gasteiger partial charge in [-0.2, -0.15) is 5.10 Å². The Morgan fingerprint density at radius 1 is 1.07 bits per heavy atom. The van der Waals surface area contributed by atoms with Gasteiger partial charge in [0, 0.05) is 23.9 Å². The normalized spacial score (nSPS) is 10.7. The number of aromatic nitrogens is 3. The largest absolute Gasteiger partial charge is 0.355 e. The van der Waals surface area contributed by atoms with Gasteiger partial charge in [-0.05, 0) is 17.7 Å². The summed E-state index contributed by atoms with van der Waals surface area (Å²) in [6, 6.07) is 18.9. The molecule has 1 amide bonds. The third kappa shape index (κ3) is 3.92. The molecule has 0 bridgehead atoms. The summed E-state index contributed by atoms with van der Waals surface area (Å²) < 4.78 is 19.9. The highest BCUT2D eigenvalue weighted by molar-refractivity contribution is 6.02. The predicted octanol–water partition coefficient (Wildman–Crippen LogP) is 3.98. The summed E-state index contributed by atoms with van der Waals surface area (Å²) in [7, 11) is 0. The average molecular weight is 362 g/mol. The van der Waals surface area contributed by atoms with E-state index in [1.165, 1.54) is 12.1 Å². The first-order valence-electron chi connectivity index (χ1n) is 8.29. The van der Waals surface area contributed by atoms with Crippen LogP contribution in [0.5, 0.6) is 0 Å². The van der Waals surface area contributed by atoms with Gasteiger partial charge in [-0.25, -0.2) is 4.39 Å². The van der Waals surface area contributed by atoms with E-state index in [9.17, 15) is 9.18 Å². The zero-order valence-corrected chi connectivity index (χ0v) is 14.2. The summed E-state index contributed by atoms with van der Waals surface area (Å²) >= 11 is 0. The van der Waals surface area contributed by atoms with Gasteiger partial charge in [0.1, 0.15) is 5.82 Å². The first kappa shape index (κ1) is 16.7. The number of nitrogens with one attached hydrogen (secondary N) is 1. The SMILES string of the molecule is O=C(Nc1ccn(Cc2ccc(F)cc2)n1)c1cc(-c2ccccc2)on1. The van der Waals surface area contributed by atoms with Crippen molar-refractivity contribution in [2.75, 3.05) is 5.32 Å². The topological polar surface area (TPSA) is 73.0 Å². The van der Waals surface area contributed by atoms with E-state index < -0.39 is 5.91 Å². The van der Waals surface area contributed by atoms with Crippen LogP contribution in [0, 0.1) is 5.82 Å². The number of anilines is 1. The van der Waals surface area contributed by atoms with Crippen LogP contribution in [0.4, 0.5) is 10.2 Å². The number of nitrogens with zero attached hydrogens (tertiary/aromatic N) is 3. The molecule has 0 unspecified atom stereocenters. The van der Waals surface area contributed by atoms with Crippen molar-refractivity contribution in [3.8, 4) is 11.3 Å². The van der Waals surface area contributed by atoms with E-state index in [1.807, 2.05) is 30.3 Å². The van der Waals surface area contributed by atoms with Crippen LogP contribution in [0.3, 0.4) is 0 Å². The predicted molar refractivity (Wildman–Crippen MR) is 97.6 cm³/mol. The summed E-state index contributed by atoms with van der Waals surface area (Å²) in [6.45, 7) is 0.471. The minimum Gasteiger partial charge on any atom is -0.355 e. The Kier molecular flexibility index (Phi) is 4.49. The average Bonchev–Trinajstić information content (AvgIpc) is 3.34. The summed E-state index contributed by atoms with van der Waals surface area (Å²) in [5.74, 6) is 0.219. The molecule has 2 heterocycles. The minimum absolute atomic E-state index is 0.168. The molecule has 2 aromatic carbocycles. The lowest BCUT2D eigenvalue weighted by Gasteiger charge is -2.02. The second-order valence-corrected chi connectivity index (χ2v) is 5.92. The molecule has 0 saturated heterocycles. The molecule has 134 valence electrons. The summed E-state index contributed by atoms with van der Waals surface area (Å²) in [4.78, 5) is 12.3. The van der Waals surface area contributed by atoms with Gasteiger partial charge in [-0.15, -0.1) is 0 Å². The van der Waals surface area contributed by atoms with E-state index in [4.69, 9.17) is 4.52 Å². The molecule has 4 aromatic rings. The maximum Gasteiger partial charge on any atom is 0.279 e. The van der Waals surface area contributed by atoms with Crippen molar-refractivity contribution in [1.82, 2.24) is 14.9 Å². The Hall–Kier alpha value is -3.74. The van der Waals surface area contributed by atoms with E-state index in [0.717, 1.165) is 11.1 Å². The zero-order chi connectivity index (χ0) is 18.6. The third-order valence-corrected chi connectivity index (χ3v) is 3.94. The monoisotopic (exact) mass is 362 g/mol. The van der Waals surface area contributed by atoms with E-state index in [-0.39, 0.29) is 11.5 Å². The Morgan fingerprint density at radius 2 is 1.85 bits per heavy atom. The quantitative estimate of drug-likeness (QED) is 0.583. The lowest BCUT2D eigenvalue weighted by atomic mass is 10.1. The summed E-state index contributed by atoms with van der Waals surface area (Å²) in [6.07, 6.45) is 1.73. The molecule has 7 heteroatoms. The Bertz CT molecular complexity index is 1060. The molecule has 1 N–H and O–H groups in total. The molecule has 4 rings (SSSR count). The van der Waals surface area contributed by atoms with Crippen LogP contribution < -0.4 is 5.32 Å². The zero-order valence-electron chi connectivity index (χ0n) is 14.2. The van der Waals surface area contributed by atoms with Crippen LogP contribution in [0.15, 0.2) is 77.4 Å². The number of amides is 1. The number of hydrogen-bond acceptors (Lipinski definition) is 4. The smallest absolute Gasteiger partial charge is 0.279 e. The van der Waals surface area contributed by atoms with Crippen molar-refractivity contribution in [3.63, 3.8) is 0 Å². The van der Waals surface area contributed by atoms with Crippen molar-refractivity contribution in [2.45, 2.75) is 6.54 Å². The number of benzene rings is 2. The first-order chi connectivity index (χ1) is 13.2. The Labute approximate surface area is 154 Å². The van der Waals surface area contributed by atoms with Gasteiger partial charge in [0.05, 0.1) is 6.54 Å². The lowest BCUT2D eigenvalue weighted by molar-refractivity contribution is 0.101. The molecule has 27 heavy (non-hydrogen) atoms. The van der Waals surface area contributed by atoms with Crippen LogP contribution in [-0.2, 0) is 6.54 Å². The highest BCUT2D eigenvalue weighted by Gasteiger charge is 2.15.